The molecule has 0 aliphatic carbocycles. The van der Waals surface area contributed by atoms with Gasteiger partial charge in [-0.15, -0.1) is 0 Å². The number of rotatable bonds is 7. The maximum atomic E-state index is 6.23. The second-order valence-corrected chi connectivity index (χ2v) is 5.26. The molecule has 0 radical (unpaired) electrons. The Hall–Kier alpha value is -0.610. The van der Waals surface area contributed by atoms with Crippen LogP contribution in [0.4, 0.5) is 0 Å². The number of benzene rings is 1. The Bertz CT molecular complexity index is 380. The molecule has 106 valence electrons. The van der Waals surface area contributed by atoms with Crippen molar-refractivity contribution in [1.82, 2.24) is 5.32 Å². The molecule has 0 aromatic heterocycles. The monoisotopic (exact) mass is 283 g/mol. The lowest BCUT2D eigenvalue weighted by Gasteiger charge is -2.21. The molecule has 19 heavy (non-hydrogen) atoms. The van der Waals surface area contributed by atoms with Gasteiger partial charge in [-0.25, -0.2) is 0 Å². The number of hydrogen-bond donors (Lipinski definition) is 1. The van der Waals surface area contributed by atoms with E-state index < -0.39 is 0 Å². The molecule has 1 aromatic carbocycles. The third kappa shape index (κ3) is 4.77. The lowest BCUT2D eigenvalue weighted by molar-refractivity contribution is -0.0526. The molecule has 0 amide bonds. The van der Waals surface area contributed by atoms with Crippen LogP contribution in [0.5, 0.6) is 0 Å². The van der Waals surface area contributed by atoms with Crippen molar-refractivity contribution in [1.29, 1.82) is 0 Å². The molecule has 1 N–H and O–H groups in total. The fourth-order valence-corrected chi connectivity index (χ4v) is 2.51. The summed E-state index contributed by atoms with van der Waals surface area (Å²) < 4.78 is 11.1. The van der Waals surface area contributed by atoms with Crippen molar-refractivity contribution in [3.63, 3.8) is 0 Å². The lowest BCUT2D eigenvalue weighted by atomic mass is 10.0. The van der Waals surface area contributed by atoms with Crippen LogP contribution >= 0.6 is 11.6 Å². The normalized spacial score (nSPS) is 17.8. The summed E-state index contributed by atoms with van der Waals surface area (Å²) in [6.07, 6.45) is 2.82. The van der Waals surface area contributed by atoms with Crippen LogP contribution in [0, 0.1) is 0 Å². The lowest BCUT2D eigenvalue weighted by Crippen LogP contribution is -2.35. The maximum Gasteiger partial charge on any atom is 0.159 e. The predicted molar refractivity (Wildman–Crippen MR) is 77.5 cm³/mol. The fourth-order valence-electron chi connectivity index (χ4n) is 2.29. The fraction of sp³-hybridized carbons (Fsp3) is 0.600. The molecule has 1 saturated heterocycles. The van der Waals surface area contributed by atoms with E-state index in [1.54, 1.807) is 0 Å². The molecule has 2 rings (SSSR count). The van der Waals surface area contributed by atoms with Crippen LogP contribution in [0.15, 0.2) is 24.3 Å². The molecule has 1 aliphatic heterocycles. The molecule has 0 saturated carbocycles. The predicted octanol–water partition coefficient (Wildman–Crippen LogP) is 3.01. The van der Waals surface area contributed by atoms with Crippen LogP contribution in [-0.2, 0) is 15.9 Å². The first-order chi connectivity index (χ1) is 9.29. The van der Waals surface area contributed by atoms with E-state index in [1.807, 2.05) is 18.2 Å². The van der Waals surface area contributed by atoms with Crippen LogP contribution in [0.3, 0.4) is 0 Å². The zero-order valence-corrected chi connectivity index (χ0v) is 12.2. The van der Waals surface area contributed by atoms with Gasteiger partial charge in [0.1, 0.15) is 0 Å². The van der Waals surface area contributed by atoms with Gasteiger partial charge in [-0.2, -0.15) is 0 Å². The van der Waals surface area contributed by atoms with Crippen molar-refractivity contribution in [3.8, 4) is 0 Å². The average molecular weight is 284 g/mol. The summed E-state index contributed by atoms with van der Waals surface area (Å²) in [6.45, 7) is 4.58. The van der Waals surface area contributed by atoms with E-state index in [0.29, 0.717) is 19.3 Å². The van der Waals surface area contributed by atoms with Crippen LogP contribution in [0.2, 0.25) is 5.02 Å². The highest BCUT2D eigenvalue weighted by Gasteiger charge is 2.21. The van der Waals surface area contributed by atoms with Crippen LogP contribution in [-0.4, -0.2) is 32.1 Å². The minimum Gasteiger partial charge on any atom is -0.350 e. The molecule has 1 aromatic rings. The zero-order valence-electron chi connectivity index (χ0n) is 11.4. The maximum absolute atomic E-state index is 6.23. The average Bonchev–Trinajstić information content (AvgIpc) is 2.91. The van der Waals surface area contributed by atoms with E-state index in [4.69, 9.17) is 21.1 Å². The van der Waals surface area contributed by atoms with E-state index in [2.05, 4.69) is 18.3 Å². The van der Waals surface area contributed by atoms with Crippen molar-refractivity contribution < 1.29 is 9.47 Å². The van der Waals surface area contributed by atoms with Crippen molar-refractivity contribution in [2.75, 3.05) is 19.8 Å². The van der Waals surface area contributed by atoms with Crippen LogP contribution < -0.4 is 5.32 Å². The van der Waals surface area contributed by atoms with Gasteiger partial charge in [0.2, 0.25) is 0 Å². The van der Waals surface area contributed by atoms with E-state index in [0.717, 1.165) is 30.8 Å². The van der Waals surface area contributed by atoms with Gasteiger partial charge < -0.3 is 14.8 Å². The van der Waals surface area contributed by atoms with Crippen molar-refractivity contribution in [2.24, 2.45) is 0 Å². The van der Waals surface area contributed by atoms with Gasteiger partial charge in [0, 0.05) is 17.5 Å². The Kier molecular flexibility index (Phi) is 6.11. The molecule has 1 aliphatic rings. The zero-order chi connectivity index (χ0) is 13.5. The van der Waals surface area contributed by atoms with E-state index >= 15 is 0 Å². The van der Waals surface area contributed by atoms with Crippen molar-refractivity contribution in [2.45, 2.75) is 38.5 Å². The first kappa shape index (κ1) is 14.8. The van der Waals surface area contributed by atoms with Gasteiger partial charge in [-0.05, 0) is 31.0 Å². The molecular formula is C15H22ClNO2. The van der Waals surface area contributed by atoms with Crippen molar-refractivity contribution >= 4 is 11.6 Å². The Morgan fingerprint density at radius 1 is 1.32 bits per heavy atom. The third-order valence-corrected chi connectivity index (χ3v) is 3.64. The van der Waals surface area contributed by atoms with Gasteiger partial charge in [0.05, 0.1) is 13.2 Å². The Labute approximate surface area is 120 Å². The van der Waals surface area contributed by atoms with Gasteiger partial charge in [-0.1, -0.05) is 36.7 Å². The minimum absolute atomic E-state index is 0.0724. The number of ether oxygens (including phenoxy) is 2. The Balaban J connectivity index is 1.94. The standard InChI is InChI=1S/C15H22ClNO2/c1-2-7-17-13(11-15-18-8-9-19-15)10-12-5-3-4-6-14(12)16/h3-6,13,15,17H,2,7-11H2,1H3. The SMILES string of the molecule is CCCNC(Cc1ccccc1Cl)CC1OCCO1. The molecule has 1 atom stereocenters. The summed E-state index contributed by atoms with van der Waals surface area (Å²) in [5.41, 5.74) is 1.18. The number of nitrogens with one attached hydrogen (secondary N) is 1. The summed E-state index contributed by atoms with van der Waals surface area (Å²) in [4.78, 5) is 0. The molecule has 3 nitrogen and oxygen atoms in total. The van der Waals surface area contributed by atoms with Gasteiger partial charge in [-0.3, -0.25) is 0 Å². The van der Waals surface area contributed by atoms with Crippen molar-refractivity contribution in [3.05, 3.63) is 34.9 Å². The number of hydrogen-bond acceptors (Lipinski definition) is 3. The highest BCUT2D eigenvalue weighted by molar-refractivity contribution is 6.31. The van der Waals surface area contributed by atoms with E-state index in [9.17, 15) is 0 Å². The minimum atomic E-state index is -0.0724. The largest absolute Gasteiger partial charge is 0.350 e. The molecule has 1 heterocycles. The summed E-state index contributed by atoms with van der Waals surface area (Å²) in [7, 11) is 0. The molecule has 0 spiro atoms. The number of halogens is 1. The van der Waals surface area contributed by atoms with E-state index in [-0.39, 0.29) is 6.29 Å². The third-order valence-electron chi connectivity index (χ3n) is 3.27. The van der Waals surface area contributed by atoms with Gasteiger partial charge in [0.25, 0.3) is 0 Å². The van der Waals surface area contributed by atoms with Crippen LogP contribution in [0.25, 0.3) is 0 Å². The highest BCUT2D eigenvalue weighted by atomic mass is 35.5. The topological polar surface area (TPSA) is 30.5 Å². The smallest absolute Gasteiger partial charge is 0.159 e. The van der Waals surface area contributed by atoms with Crippen LogP contribution in [0.1, 0.15) is 25.3 Å². The van der Waals surface area contributed by atoms with Gasteiger partial charge >= 0.3 is 0 Å². The Morgan fingerprint density at radius 2 is 2.05 bits per heavy atom. The summed E-state index contributed by atoms with van der Waals surface area (Å²) in [5, 5.41) is 4.39. The second-order valence-electron chi connectivity index (χ2n) is 4.85. The Morgan fingerprint density at radius 3 is 2.74 bits per heavy atom. The second kappa shape index (κ2) is 7.85. The summed E-state index contributed by atoms with van der Waals surface area (Å²) >= 11 is 6.23. The molecule has 4 heteroatoms. The van der Waals surface area contributed by atoms with E-state index in [1.165, 1.54) is 5.56 Å². The molecule has 0 bridgehead atoms. The molecule has 1 fully saturated rings. The summed E-state index contributed by atoms with van der Waals surface area (Å²) in [6, 6.07) is 8.35. The quantitative estimate of drug-likeness (QED) is 0.834. The molecule has 1 unspecified atom stereocenters. The molecular weight excluding hydrogens is 262 g/mol. The first-order valence-electron chi connectivity index (χ1n) is 6.99. The van der Waals surface area contributed by atoms with Gasteiger partial charge in [0.15, 0.2) is 6.29 Å². The first-order valence-corrected chi connectivity index (χ1v) is 7.37. The summed E-state index contributed by atoms with van der Waals surface area (Å²) in [5.74, 6) is 0. The highest BCUT2D eigenvalue weighted by Crippen LogP contribution is 2.19.